The lowest BCUT2D eigenvalue weighted by molar-refractivity contribution is -0.145. The van der Waals surface area contributed by atoms with Gasteiger partial charge in [-0.15, -0.1) is 5.10 Å². The van der Waals surface area contributed by atoms with Gasteiger partial charge < -0.3 is 31.0 Å². The molecule has 212 valence electrons. The molecule has 2 aromatic heterocycles. The molecule has 39 heavy (non-hydrogen) atoms. The Morgan fingerprint density at radius 2 is 1.79 bits per heavy atom. The summed E-state index contributed by atoms with van der Waals surface area (Å²) in [7, 11) is 1.32. The average molecular weight is 540 g/mol. The molecule has 12 nitrogen and oxygen atoms in total. The summed E-state index contributed by atoms with van der Waals surface area (Å²) in [5.41, 5.74) is 2.72. The van der Waals surface area contributed by atoms with E-state index in [2.05, 4.69) is 41.5 Å². The van der Waals surface area contributed by atoms with Gasteiger partial charge in [0.2, 0.25) is 5.91 Å². The summed E-state index contributed by atoms with van der Waals surface area (Å²) in [6, 6.07) is 7.04. The van der Waals surface area contributed by atoms with Crippen LogP contribution >= 0.6 is 0 Å². The summed E-state index contributed by atoms with van der Waals surface area (Å²) < 4.78 is 6.48. The molecule has 3 aromatic rings. The summed E-state index contributed by atoms with van der Waals surface area (Å²) in [6.07, 6.45) is 6.13. The topological polar surface area (TPSA) is 141 Å². The number of rotatable bonds is 8. The number of carbonyl (C=O) groups excluding carboxylic acids is 2. The second kappa shape index (κ2) is 15.3. The predicted molar refractivity (Wildman–Crippen MR) is 149 cm³/mol. The quantitative estimate of drug-likeness (QED) is 0.251. The lowest BCUT2D eigenvalue weighted by Crippen LogP contribution is -2.44. The third kappa shape index (κ3) is 9.13. The number of amides is 1. The van der Waals surface area contributed by atoms with E-state index in [9.17, 15) is 9.59 Å². The second-order valence-electron chi connectivity index (χ2n) is 9.85. The summed E-state index contributed by atoms with van der Waals surface area (Å²) in [6.45, 7) is 8.36. The van der Waals surface area contributed by atoms with E-state index < -0.39 is 12.0 Å². The van der Waals surface area contributed by atoms with Gasteiger partial charge in [0, 0.05) is 56.2 Å². The van der Waals surface area contributed by atoms with Crippen LogP contribution in [0.25, 0.3) is 10.9 Å². The van der Waals surface area contributed by atoms with Crippen molar-refractivity contribution in [2.24, 2.45) is 0 Å². The molecule has 0 unspecified atom stereocenters. The Morgan fingerprint density at radius 1 is 1.03 bits per heavy atom. The molecular weight excluding hydrogens is 498 g/mol. The van der Waals surface area contributed by atoms with Crippen LogP contribution in [0.15, 0.2) is 36.7 Å². The first-order valence-electron chi connectivity index (χ1n) is 13.8. The normalized spacial score (nSPS) is 17.4. The van der Waals surface area contributed by atoms with Crippen molar-refractivity contribution in [2.45, 2.75) is 38.4 Å². The van der Waals surface area contributed by atoms with Gasteiger partial charge in [-0.25, -0.2) is 9.48 Å². The Labute approximate surface area is 229 Å². The molecule has 3 heterocycles. The van der Waals surface area contributed by atoms with Crippen LogP contribution < -0.4 is 21.3 Å². The number of nitrogens with zero attached hydrogens (tertiary/aromatic N) is 4. The van der Waals surface area contributed by atoms with E-state index in [0.717, 1.165) is 87.4 Å². The number of H-pyrrole nitrogens is 1. The lowest BCUT2D eigenvalue weighted by atomic mass is 10.0. The minimum Gasteiger partial charge on any atom is -0.467 e. The maximum Gasteiger partial charge on any atom is 0.328 e. The van der Waals surface area contributed by atoms with Gasteiger partial charge in [0.25, 0.3) is 0 Å². The number of methoxy groups -OCH3 is 1. The van der Waals surface area contributed by atoms with Crippen molar-refractivity contribution in [1.29, 1.82) is 0 Å². The summed E-state index contributed by atoms with van der Waals surface area (Å²) >= 11 is 0. The number of hydrogen-bond acceptors (Lipinski definition) is 9. The molecule has 0 aliphatic carbocycles. The average Bonchev–Trinajstić information content (AvgIpc) is 3.56. The molecule has 1 aliphatic heterocycles. The highest BCUT2D eigenvalue weighted by Gasteiger charge is 2.23. The van der Waals surface area contributed by atoms with Gasteiger partial charge in [-0.3, -0.25) is 9.69 Å². The monoisotopic (exact) mass is 539 g/mol. The zero-order valence-electron chi connectivity index (χ0n) is 22.7. The van der Waals surface area contributed by atoms with E-state index in [1.165, 1.54) is 11.8 Å². The van der Waals surface area contributed by atoms with Gasteiger partial charge >= 0.3 is 5.97 Å². The molecule has 1 aliphatic rings. The standard InChI is InChI=1S/C27H41N9O3/c1-39-27(38)25(16-21-17-31-24-7-3-2-6-23(21)24)32-26(37)20-36-19-22(33-34-36)18-35-14-5-10-29-12-11-28-8-4-9-30-13-15-35/h2-3,6-7,17,19,25,28-31H,4-5,8-16,18,20H2,1H3,(H,32,37)/t25-/m0/s1. The molecule has 12 heteroatoms. The van der Waals surface area contributed by atoms with E-state index in [-0.39, 0.29) is 12.5 Å². The Kier molecular flexibility index (Phi) is 11.3. The second-order valence-corrected chi connectivity index (χ2v) is 9.85. The number of aromatic amines is 1. The molecule has 1 atom stereocenters. The van der Waals surface area contributed by atoms with Gasteiger partial charge in [-0.2, -0.15) is 0 Å². The van der Waals surface area contributed by atoms with Crippen molar-refractivity contribution < 1.29 is 14.3 Å². The van der Waals surface area contributed by atoms with Crippen LogP contribution in [0.1, 0.15) is 24.1 Å². The zero-order chi connectivity index (χ0) is 27.3. The molecule has 1 aromatic carbocycles. The summed E-state index contributed by atoms with van der Waals surface area (Å²) in [5, 5.41) is 22.7. The van der Waals surface area contributed by atoms with Gasteiger partial charge in [0.1, 0.15) is 12.6 Å². The smallest absolute Gasteiger partial charge is 0.328 e. The first-order chi connectivity index (χ1) is 19.1. The number of benzene rings is 1. The van der Waals surface area contributed by atoms with Gasteiger partial charge in [-0.1, -0.05) is 23.4 Å². The highest BCUT2D eigenvalue weighted by atomic mass is 16.5. The molecule has 5 N–H and O–H groups in total. The largest absolute Gasteiger partial charge is 0.467 e. The fraction of sp³-hybridized carbons (Fsp3) is 0.556. The number of esters is 1. The van der Waals surface area contributed by atoms with E-state index >= 15 is 0 Å². The van der Waals surface area contributed by atoms with Gasteiger partial charge in [0.05, 0.1) is 19.0 Å². The molecule has 0 spiro atoms. The van der Waals surface area contributed by atoms with E-state index in [4.69, 9.17) is 4.74 Å². The van der Waals surface area contributed by atoms with Crippen LogP contribution in [-0.4, -0.2) is 102 Å². The Morgan fingerprint density at radius 3 is 2.62 bits per heavy atom. The zero-order valence-corrected chi connectivity index (χ0v) is 22.7. The highest BCUT2D eigenvalue weighted by molar-refractivity contribution is 5.87. The van der Waals surface area contributed by atoms with Crippen LogP contribution in [-0.2, 0) is 33.8 Å². The first kappa shape index (κ1) is 28.7. The summed E-state index contributed by atoms with van der Waals surface area (Å²) in [4.78, 5) is 30.9. The Bertz CT molecular complexity index is 1160. The molecule has 0 radical (unpaired) electrons. The van der Waals surface area contributed by atoms with Gasteiger partial charge in [0.15, 0.2) is 0 Å². The molecule has 1 fully saturated rings. The fourth-order valence-electron chi connectivity index (χ4n) is 4.79. The first-order valence-corrected chi connectivity index (χ1v) is 13.8. The van der Waals surface area contributed by atoms with Crippen LogP contribution in [0.5, 0.6) is 0 Å². The molecule has 1 saturated heterocycles. The maximum absolute atomic E-state index is 12.9. The number of aromatic nitrogens is 4. The molecular formula is C27H41N9O3. The molecule has 4 rings (SSSR count). The van der Waals surface area contributed by atoms with E-state index in [0.29, 0.717) is 13.0 Å². The number of carbonyl (C=O) groups is 2. The van der Waals surface area contributed by atoms with Crippen LogP contribution in [0.2, 0.25) is 0 Å². The minimum atomic E-state index is -0.808. The van der Waals surface area contributed by atoms with E-state index in [1.807, 2.05) is 30.5 Å². The number of nitrogens with one attached hydrogen (secondary N) is 5. The van der Waals surface area contributed by atoms with Crippen LogP contribution in [0.4, 0.5) is 0 Å². The van der Waals surface area contributed by atoms with Crippen molar-refractivity contribution in [2.75, 3.05) is 59.5 Å². The van der Waals surface area contributed by atoms with Crippen molar-refractivity contribution >= 4 is 22.8 Å². The number of hydrogen-bond donors (Lipinski definition) is 5. The lowest BCUT2D eigenvalue weighted by Gasteiger charge is -2.22. The van der Waals surface area contributed by atoms with Crippen LogP contribution in [0.3, 0.4) is 0 Å². The fourth-order valence-corrected chi connectivity index (χ4v) is 4.79. The van der Waals surface area contributed by atoms with Crippen molar-refractivity contribution in [3.8, 4) is 0 Å². The highest BCUT2D eigenvalue weighted by Crippen LogP contribution is 2.19. The predicted octanol–water partition coefficient (Wildman–Crippen LogP) is 0.0245. The van der Waals surface area contributed by atoms with Crippen LogP contribution in [0, 0.1) is 0 Å². The van der Waals surface area contributed by atoms with Gasteiger partial charge in [-0.05, 0) is 50.7 Å². The number of para-hydroxylation sites is 1. The maximum atomic E-state index is 12.9. The van der Waals surface area contributed by atoms with Crippen molar-refractivity contribution in [1.82, 2.24) is 46.1 Å². The van der Waals surface area contributed by atoms with E-state index in [1.54, 1.807) is 6.20 Å². The SMILES string of the molecule is COC(=O)[C@H](Cc1c[nH]c2ccccc12)NC(=O)Cn1cc(CN2CCCNCCNCCCNCC2)nn1. The molecule has 1 amide bonds. The number of ether oxygens (including phenoxy) is 1. The third-order valence-electron chi connectivity index (χ3n) is 6.82. The van der Waals surface area contributed by atoms with Crippen molar-refractivity contribution in [3.05, 3.63) is 47.9 Å². The molecule has 0 saturated carbocycles. The Hall–Kier alpha value is -3.32. The summed E-state index contributed by atoms with van der Waals surface area (Å²) in [5.74, 6) is -0.821. The molecule has 0 bridgehead atoms. The third-order valence-corrected chi connectivity index (χ3v) is 6.82. The number of fused-ring (bicyclic) bond motifs is 1. The minimum absolute atomic E-state index is 0.0338. The Balaban J connectivity index is 1.30. The van der Waals surface area contributed by atoms with Crippen molar-refractivity contribution in [3.63, 3.8) is 0 Å².